The summed E-state index contributed by atoms with van der Waals surface area (Å²) in [5.74, 6) is 2.49. The van der Waals surface area contributed by atoms with Gasteiger partial charge in [0.25, 0.3) is 0 Å². The minimum Gasteiger partial charge on any atom is -0.466 e. The first-order chi connectivity index (χ1) is 11.7. The molecule has 0 spiro atoms. The molecule has 2 nitrogen and oxygen atoms in total. The Bertz CT molecular complexity index is 333. The molecule has 0 heterocycles. The summed E-state index contributed by atoms with van der Waals surface area (Å²) in [6.07, 6.45) is 12.4. The molecular formula is C23H46O2. The van der Waals surface area contributed by atoms with E-state index in [1.54, 1.807) is 0 Å². The van der Waals surface area contributed by atoms with Gasteiger partial charge in [-0.15, -0.1) is 0 Å². The zero-order chi connectivity index (χ0) is 19.3. The molecule has 0 aliphatic rings. The molecule has 150 valence electrons. The molecule has 0 radical (unpaired) electrons. The van der Waals surface area contributed by atoms with E-state index in [2.05, 4.69) is 41.5 Å². The predicted molar refractivity (Wildman–Crippen MR) is 110 cm³/mol. The third kappa shape index (κ3) is 15.4. The van der Waals surface area contributed by atoms with Gasteiger partial charge in [0.2, 0.25) is 0 Å². The van der Waals surface area contributed by atoms with Crippen molar-refractivity contribution in [2.45, 2.75) is 113 Å². The first kappa shape index (κ1) is 24.5. The molecule has 0 aromatic heterocycles. The molecule has 0 aliphatic carbocycles. The number of ether oxygens (including phenoxy) is 1. The fourth-order valence-electron chi connectivity index (χ4n) is 3.60. The summed E-state index contributed by atoms with van der Waals surface area (Å²) < 4.78 is 5.08. The molecule has 0 rings (SSSR count). The summed E-state index contributed by atoms with van der Waals surface area (Å²) in [7, 11) is 0. The Kier molecular flexibility index (Phi) is 13.4. The fraction of sp³-hybridized carbons (Fsp3) is 0.957. The van der Waals surface area contributed by atoms with Gasteiger partial charge in [-0.1, -0.05) is 92.9 Å². The van der Waals surface area contributed by atoms with E-state index in [9.17, 15) is 4.79 Å². The minimum atomic E-state index is -0.0491. The molecule has 0 aromatic carbocycles. The van der Waals surface area contributed by atoms with Crippen molar-refractivity contribution in [3.8, 4) is 0 Å². The molecular weight excluding hydrogens is 308 g/mol. The Labute approximate surface area is 158 Å². The van der Waals surface area contributed by atoms with E-state index in [0.29, 0.717) is 13.0 Å². The molecule has 2 unspecified atom stereocenters. The van der Waals surface area contributed by atoms with Gasteiger partial charge >= 0.3 is 5.97 Å². The second kappa shape index (κ2) is 13.6. The van der Waals surface area contributed by atoms with Gasteiger partial charge in [-0.25, -0.2) is 0 Å². The maximum atomic E-state index is 11.7. The molecule has 0 saturated carbocycles. The van der Waals surface area contributed by atoms with Crippen LogP contribution in [0.3, 0.4) is 0 Å². The summed E-state index contributed by atoms with van der Waals surface area (Å²) in [6.45, 7) is 16.2. The molecule has 2 atom stereocenters. The molecule has 0 fully saturated rings. The Morgan fingerprint density at radius 2 is 1.32 bits per heavy atom. The predicted octanol–water partition coefficient (Wildman–Crippen LogP) is 7.40. The average molecular weight is 355 g/mol. The third-order valence-electron chi connectivity index (χ3n) is 5.35. The number of esters is 1. The van der Waals surface area contributed by atoms with Crippen LogP contribution in [0.15, 0.2) is 0 Å². The fourth-order valence-corrected chi connectivity index (χ4v) is 3.60. The highest BCUT2D eigenvalue weighted by Crippen LogP contribution is 2.30. The summed E-state index contributed by atoms with van der Waals surface area (Å²) in [4.78, 5) is 11.7. The van der Waals surface area contributed by atoms with Crippen LogP contribution in [0.1, 0.15) is 113 Å². The van der Waals surface area contributed by atoms with Crippen LogP contribution in [0.2, 0.25) is 0 Å². The Hall–Kier alpha value is -0.530. The van der Waals surface area contributed by atoms with Gasteiger partial charge in [0.15, 0.2) is 0 Å². The summed E-state index contributed by atoms with van der Waals surface area (Å²) in [5.41, 5.74) is 0.0664. The minimum absolute atomic E-state index is 0.0491. The Morgan fingerprint density at radius 3 is 1.80 bits per heavy atom. The lowest BCUT2D eigenvalue weighted by atomic mass is 9.82. The maximum Gasteiger partial charge on any atom is 0.306 e. The topological polar surface area (TPSA) is 26.3 Å². The first-order valence-electron chi connectivity index (χ1n) is 10.8. The third-order valence-corrected chi connectivity index (χ3v) is 5.35. The van der Waals surface area contributed by atoms with E-state index in [1.807, 2.05) is 6.92 Å². The monoisotopic (exact) mass is 354 g/mol. The largest absolute Gasteiger partial charge is 0.466 e. The first-order valence-corrected chi connectivity index (χ1v) is 10.8. The van der Waals surface area contributed by atoms with Crippen molar-refractivity contribution in [2.24, 2.45) is 23.2 Å². The van der Waals surface area contributed by atoms with E-state index in [1.165, 1.54) is 51.4 Å². The van der Waals surface area contributed by atoms with Crippen LogP contribution in [0.5, 0.6) is 0 Å². The van der Waals surface area contributed by atoms with Gasteiger partial charge in [-0.3, -0.25) is 4.79 Å². The number of hydrogen-bond acceptors (Lipinski definition) is 2. The van der Waals surface area contributed by atoms with Gasteiger partial charge < -0.3 is 4.74 Å². The standard InChI is InChI=1S/C23H46O2/c1-8-25-22(24)18-23(6,7)17-11-16-21(5)15-10-14-20(4)13-9-12-19(2)3/h19-21H,8-18H2,1-7H3. The van der Waals surface area contributed by atoms with Crippen LogP contribution < -0.4 is 0 Å². The Balaban J connectivity index is 3.75. The van der Waals surface area contributed by atoms with Crippen molar-refractivity contribution in [2.75, 3.05) is 6.61 Å². The highest BCUT2D eigenvalue weighted by atomic mass is 16.5. The highest BCUT2D eigenvalue weighted by Gasteiger charge is 2.22. The molecule has 0 N–H and O–H groups in total. The molecule has 0 amide bonds. The van der Waals surface area contributed by atoms with Crippen LogP contribution in [-0.2, 0) is 9.53 Å². The SMILES string of the molecule is CCOC(=O)CC(C)(C)CCCC(C)CCCC(C)CCCC(C)C. The normalized spacial score (nSPS) is 14.6. The van der Waals surface area contributed by atoms with Crippen molar-refractivity contribution in [1.29, 1.82) is 0 Å². The van der Waals surface area contributed by atoms with Crippen molar-refractivity contribution in [3.05, 3.63) is 0 Å². The zero-order valence-electron chi connectivity index (χ0n) is 18.3. The van der Waals surface area contributed by atoms with Crippen LogP contribution in [0, 0.1) is 23.2 Å². The van der Waals surface area contributed by atoms with Crippen molar-refractivity contribution < 1.29 is 9.53 Å². The zero-order valence-corrected chi connectivity index (χ0v) is 18.3. The van der Waals surface area contributed by atoms with Crippen molar-refractivity contribution in [3.63, 3.8) is 0 Å². The van der Waals surface area contributed by atoms with E-state index < -0.39 is 0 Å². The summed E-state index contributed by atoms with van der Waals surface area (Å²) >= 11 is 0. The molecule has 2 heteroatoms. The molecule has 0 aromatic rings. The maximum absolute atomic E-state index is 11.7. The number of rotatable bonds is 15. The van der Waals surface area contributed by atoms with Gasteiger partial charge in [0.1, 0.15) is 0 Å². The van der Waals surface area contributed by atoms with Crippen LogP contribution in [-0.4, -0.2) is 12.6 Å². The summed E-state index contributed by atoms with van der Waals surface area (Å²) in [5, 5.41) is 0. The van der Waals surface area contributed by atoms with Gasteiger partial charge in [0, 0.05) is 0 Å². The van der Waals surface area contributed by atoms with Crippen LogP contribution >= 0.6 is 0 Å². The van der Waals surface area contributed by atoms with Gasteiger partial charge in [-0.2, -0.15) is 0 Å². The van der Waals surface area contributed by atoms with Crippen molar-refractivity contribution >= 4 is 5.97 Å². The number of hydrogen-bond donors (Lipinski definition) is 0. The van der Waals surface area contributed by atoms with Crippen LogP contribution in [0.25, 0.3) is 0 Å². The van der Waals surface area contributed by atoms with E-state index >= 15 is 0 Å². The van der Waals surface area contributed by atoms with Gasteiger partial charge in [-0.05, 0) is 36.5 Å². The molecule has 0 aliphatic heterocycles. The number of carbonyl (C=O) groups is 1. The summed E-state index contributed by atoms with van der Waals surface area (Å²) in [6, 6.07) is 0. The Morgan fingerprint density at radius 1 is 0.840 bits per heavy atom. The van der Waals surface area contributed by atoms with Crippen molar-refractivity contribution in [1.82, 2.24) is 0 Å². The molecule has 25 heavy (non-hydrogen) atoms. The van der Waals surface area contributed by atoms with Crippen LogP contribution in [0.4, 0.5) is 0 Å². The lowest BCUT2D eigenvalue weighted by molar-refractivity contribution is -0.145. The van der Waals surface area contributed by atoms with E-state index in [4.69, 9.17) is 4.74 Å². The van der Waals surface area contributed by atoms with E-state index in [-0.39, 0.29) is 11.4 Å². The average Bonchev–Trinajstić information content (AvgIpc) is 2.46. The molecule has 0 saturated heterocycles. The highest BCUT2D eigenvalue weighted by molar-refractivity contribution is 5.70. The second-order valence-electron chi connectivity index (χ2n) is 9.50. The smallest absolute Gasteiger partial charge is 0.306 e. The number of carbonyl (C=O) groups excluding carboxylic acids is 1. The van der Waals surface area contributed by atoms with E-state index in [0.717, 1.165) is 24.2 Å². The lowest BCUT2D eigenvalue weighted by Gasteiger charge is -2.24. The lowest BCUT2D eigenvalue weighted by Crippen LogP contribution is -2.19. The second-order valence-corrected chi connectivity index (χ2v) is 9.50. The van der Waals surface area contributed by atoms with Gasteiger partial charge in [0.05, 0.1) is 13.0 Å². The molecule has 0 bridgehead atoms. The quantitative estimate of drug-likeness (QED) is 0.286.